The summed E-state index contributed by atoms with van der Waals surface area (Å²) in [4.78, 5) is 16.9. The van der Waals surface area contributed by atoms with Crippen LogP contribution in [0.15, 0.2) is 10.6 Å². The van der Waals surface area contributed by atoms with Gasteiger partial charge in [-0.1, -0.05) is 12.1 Å². The van der Waals surface area contributed by atoms with Crippen LogP contribution in [0.5, 0.6) is 0 Å². The number of hydrogen-bond donors (Lipinski definition) is 2. The number of piperidine rings is 1. The Morgan fingerprint density at radius 2 is 2.23 bits per heavy atom. The molecule has 0 aliphatic carbocycles. The molecule has 0 saturated carbocycles. The Morgan fingerprint density at radius 3 is 2.95 bits per heavy atom. The molecule has 2 aromatic rings. The third-order valence-corrected chi connectivity index (χ3v) is 4.13. The monoisotopic (exact) mass is 324 g/mol. The molecule has 1 fully saturated rings. The molecule has 22 heavy (non-hydrogen) atoms. The second-order valence-electron chi connectivity index (χ2n) is 5.81. The number of nitrogens with zero attached hydrogens (tertiary/aromatic N) is 2. The summed E-state index contributed by atoms with van der Waals surface area (Å²) in [5.41, 5.74) is 2.46. The van der Waals surface area contributed by atoms with Crippen LogP contribution in [0.4, 0.5) is 0 Å². The van der Waals surface area contributed by atoms with E-state index in [1.807, 2.05) is 13.8 Å². The van der Waals surface area contributed by atoms with Gasteiger partial charge in [-0.05, 0) is 38.8 Å². The summed E-state index contributed by atoms with van der Waals surface area (Å²) < 4.78 is 5.18. The van der Waals surface area contributed by atoms with Crippen LogP contribution in [-0.2, 0) is 0 Å². The Hall–Kier alpha value is -1.66. The zero-order valence-electron chi connectivity index (χ0n) is 13.0. The maximum atomic E-state index is 12.6. The summed E-state index contributed by atoms with van der Waals surface area (Å²) in [5.74, 6) is 0.384. The fraction of sp³-hybridized carbons (Fsp3) is 0.533. The lowest BCUT2D eigenvalue weighted by Crippen LogP contribution is -2.50. The first-order chi connectivity index (χ1) is 10.1. The number of aromatic nitrogens is 2. The summed E-state index contributed by atoms with van der Waals surface area (Å²) in [6.07, 6.45) is 1.07. The first kappa shape index (κ1) is 16.7. The molecule has 1 amide bonds. The minimum atomic E-state index is -0.0858. The lowest BCUT2D eigenvalue weighted by atomic mass is 9.94. The van der Waals surface area contributed by atoms with Crippen LogP contribution in [0.2, 0.25) is 0 Å². The normalized spacial score (nSPS) is 21.4. The minimum Gasteiger partial charge on any atom is -0.348 e. The smallest absolute Gasteiger partial charge is 0.258 e. The molecule has 6 nitrogen and oxygen atoms in total. The van der Waals surface area contributed by atoms with E-state index in [9.17, 15) is 4.79 Å². The average molecular weight is 325 g/mol. The highest BCUT2D eigenvalue weighted by atomic mass is 35.5. The topological polar surface area (TPSA) is 80.0 Å². The van der Waals surface area contributed by atoms with Crippen LogP contribution in [-0.4, -0.2) is 35.2 Å². The van der Waals surface area contributed by atoms with E-state index in [2.05, 4.69) is 27.7 Å². The van der Waals surface area contributed by atoms with Gasteiger partial charge in [-0.15, -0.1) is 12.4 Å². The standard InChI is InChI=1S/C15H20N4O2.ClH/c1-8-4-5-16-7-12(8)18-14(20)11-6-9(2)17-15-13(11)10(3)19-21-15;/h6,8,12,16H,4-5,7H2,1-3H3,(H,18,20);1H. The van der Waals surface area contributed by atoms with E-state index in [1.54, 1.807) is 6.07 Å². The lowest BCUT2D eigenvalue weighted by Gasteiger charge is -2.30. The Balaban J connectivity index is 0.00000176. The molecule has 3 rings (SSSR count). The van der Waals surface area contributed by atoms with Gasteiger partial charge in [0.15, 0.2) is 0 Å². The summed E-state index contributed by atoms with van der Waals surface area (Å²) >= 11 is 0. The summed E-state index contributed by atoms with van der Waals surface area (Å²) in [7, 11) is 0. The van der Waals surface area contributed by atoms with Gasteiger partial charge in [0.25, 0.3) is 11.6 Å². The van der Waals surface area contributed by atoms with Crippen molar-refractivity contribution in [2.45, 2.75) is 33.2 Å². The SMILES string of the molecule is Cc1cc(C(=O)NC2CNCCC2C)c2c(C)noc2n1.Cl. The third-order valence-electron chi connectivity index (χ3n) is 4.13. The van der Waals surface area contributed by atoms with E-state index in [1.165, 1.54) is 0 Å². The highest BCUT2D eigenvalue weighted by molar-refractivity contribution is 6.06. The molecule has 0 radical (unpaired) electrons. The van der Waals surface area contributed by atoms with E-state index in [4.69, 9.17) is 4.52 Å². The van der Waals surface area contributed by atoms with E-state index >= 15 is 0 Å². The second kappa shape index (κ2) is 6.62. The first-order valence-corrected chi connectivity index (χ1v) is 7.31. The van der Waals surface area contributed by atoms with Crippen molar-refractivity contribution in [3.63, 3.8) is 0 Å². The number of aryl methyl sites for hydroxylation is 2. The molecular formula is C15H21ClN4O2. The molecule has 0 aromatic carbocycles. The molecule has 1 aliphatic heterocycles. The number of fused-ring (bicyclic) bond motifs is 1. The van der Waals surface area contributed by atoms with Crippen LogP contribution in [0.25, 0.3) is 11.1 Å². The van der Waals surface area contributed by atoms with Crippen molar-refractivity contribution in [2.24, 2.45) is 5.92 Å². The van der Waals surface area contributed by atoms with Gasteiger partial charge in [-0.25, -0.2) is 4.98 Å². The third kappa shape index (κ3) is 3.08. The Kier molecular flexibility index (Phi) is 5.03. The van der Waals surface area contributed by atoms with Crippen LogP contribution in [0.1, 0.15) is 35.1 Å². The molecular weight excluding hydrogens is 304 g/mol. The molecule has 1 saturated heterocycles. The highest BCUT2D eigenvalue weighted by Gasteiger charge is 2.25. The molecule has 0 spiro atoms. The lowest BCUT2D eigenvalue weighted by molar-refractivity contribution is 0.0916. The van der Waals surface area contributed by atoms with Crippen molar-refractivity contribution in [1.82, 2.24) is 20.8 Å². The number of rotatable bonds is 2. The summed E-state index contributed by atoms with van der Waals surface area (Å²) in [6.45, 7) is 7.66. The number of nitrogens with one attached hydrogen (secondary N) is 2. The zero-order chi connectivity index (χ0) is 15.0. The van der Waals surface area contributed by atoms with Gasteiger partial charge < -0.3 is 15.2 Å². The fourth-order valence-electron chi connectivity index (χ4n) is 2.83. The van der Waals surface area contributed by atoms with Gasteiger partial charge in [0.05, 0.1) is 16.6 Å². The Morgan fingerprint density at radius 1 is 1.45 bits per heavy atom. The van der Waals surface area contributed by atoms with Crippen molar-refractivity contribution in [1.29, 1.82) is 0 Å². The quantitative estimate of drug-likeness (QED) is 0.883. The zero-order valence-corrected chi connectivity index (χ0v) is 13.8. The van der Waals surface area contributed by atoms with Gasteiger partial charge in [0, 0.05) is 18.3 Å². The molecule has 2 N–H and O–H groups in total. The first-order valence-electron chi connectivity index (χ1n) is 7.31. The predicted molar refractivity (Wildman–Crippen MR) is 86.4 cm³/mol. The number of halogens is 1. The average Bonchev–Trinajstić information content (AvgIpc) is 2.82. The number of carbonyl (C=O) groups is 1. The number of amides is 1. The molecule has 2 atom stereocenters. The minimum absolute atomic E-state index is 0. The fourth-order valence-corrected chi connectivity index (χ4v) is 2.83. The van der Waals surface area contributed by atoms with E-state index in [-0.39, 0.29) is 24.4 Å². The van der Waals surface area contributed by atoms with Crippen LogP contribution in [0, 0.1) is 19.8 Å². The van der Waals surface area contributed by atoms with Crippen molar-refractivity contribution >= 4 is 29.4 Å². The second-order valence-corrected chi connectivity index (χ2v) is 5.81. The summed E-state index contributed by atoms with van der Waals surface area (Å²) in [5, 5.41) is 11.1. The highest BCUT2D eigenvalue weighted by Crippen LogP contribution is 2.22. The maximum Gasteiger partial charge on any atom is 0.258 e. The molecule has 2 unspecified atom stereocenters. The predicted octanol–water partition coefficient (Wildman–Crippen LogP) is 1.99. The number of carbonyl (C=O) groups excluding carboxylic acids is 1. The van der Waals surface area contributed by atoms with E-state index in [0.717, 1.165) is 25.2 Å². The van der Waals surface area contributed by atoms with Crippen molar-refractivity contribution in [3.8, 4) is 0 Å². The van der Waals surface area contributed by atoms with Crippen LogP contribution < -0.4 is 10.6 Å². The summed E-state index contributed by atoms with van der Waals surface area (Å²) in [6, 6.07) is 1.94. The molecule has 1 aliphatic rings. The molecule has 7 heteroatoms. The number of hydrogen-bond acceptors (Lipinski definition) is 5. The molecule has 120 valence electrons. The largest absolute Gasteiger partial charge is 0.348 e. The van der Waals surface area contributed by atoms with Gasteiger partial charge in [0.2, 0.25) is 0 Å². The van der Waals surface area contributed by atoms with Crippen molar-refractivity contribution < 1.29 is 9.32 Å². The molecule has 2 aromatic heterocycles. The van der Waals surface area contributed by atoms with E-state index in [0.29, 0.717) is 28.3 Å². The maximum absolute atomic E-state index is 12.6. The number of pyridine rings is 1. The van der Waals surface area contributed by atoms with Gasteiger partial charge in [-0.2, -0.15) is 0 Å². The van der Waals surface area contributed by atoms with Crippen molar-refractivity contribution in [2.75, 3.05) is 13.1 Å². The molecule has 0 bridgehead atoms. The van der Waals surface area contributed by atoms with Crippen molar-refractivity contribution in [3.05, 3.63) is 23.0 Å². The van der Waals surface area contributed by atoms with E-state index < -0.39 is 0 Å². The Bertz CT molecular complexity index is 685. The van der Waals surface area contributed by atoms with Gasteiger partial charge >= 0.3 is 0 Å². The van der Waals surface area contributed by atoms with Gasteiger partial charge in [-0.3, -0.25) is 4.79 Å². The Labute approximate surface area is 135 Å². The molecule has 3 heterocycles. The van der Waals surface area contributed by atoms with Crippen LogP contribution in [0.3, 0.4) is 0 Å². The van der Waals surface area contributed by atoms with Gasteiger partial charge in [0.1, 0.15) is 0 Å². The van der Waals surface area contributed by atoms with Crippen LogP contribution >= 0.6 is 12.4 Å².